The zero-order chi connectivity index (χ0) is 19.1. The van der Waals surface area contributed by atoms with E-state index in [-0.39, 0.29) is 30.4 Å². The number of carbonyl (C=O) groups is 2. The Balaban J connectivity index is 1.88. The number of aliphatic hydroxyl groups is 1. The third-order valence-electron chi connectivity index (χ3n) is 4.36. The van der Waals surface area contributed by atoms with Crippen molar-refractivity contribution >= 4 is 11.8 Å². The molecule has 0 aromatic heterocycles. The van der Waals surface area contributed by atoms with Crippen LogP contribution in [0.2, 0.25) is 0 Å². The van der Waals surface area contributed by atoms with Crippen LogP contribution in [0.1, 0.15) is 38.4 Å². The summed E-state index contributed by atoms with van der Waals surface area (Å²) in [6.07, 6.45) is 2.03. The highest BCUT2D eigenvalue weighted by atomic mass is 16.5. The molecule has 26 heavy (non-hydrogen) atoms. The first-order valence-corrected chi connectivity index (χ1v) is 9.04. The van der Waals surface area contributed by atoms with E-state index in [2.05, 4.69) is 11.9 Å². The molecule has 2 amide bonds. The van der Waals surface area contributed by atoms with Gasteiger partial charge in [0.05, 0.1) is 18.1 Å². The van der Waals surface area contributed by atoms with Gasteiger partial charge in [-0.25, -0.2) is 0 Å². The molecule has 6 nitrogen and oxygen atoms in total. The molecule has 0 saturated carbocycles. The third kappa shape index (κ3) is 5.59. The first-order chi connectivity index (χ1) is 12.4. The Bertz CT molecular complexity index is 644. The second-order valence-electron chi connectivity index (χ2n) is 6.83. The SMILES string of the molecule is C=CC(=O)N1CCCC(C(=O)NCC(O)c2cccc(OC(C)C)c2)C1. The predicted octanol–water partition coefficient (Wildman–Crippen LogP) is 2.05. The average Bonchev–Trinajstić information content (AvgIpc) is 2.64. The second-order valence-corrected chi connectivity index (χ2v) is 6.83. The van der Waals surface area contributed by atoms with Gasteiger partial charge in [-0.3, -0.25) is 9.59 Å². The van der Waals surface area contributed by atoms with Gasteiger partial charge in [-0.15, -0.1) is 0 Å². The smallest absolute Gasteiger partial charge is 0.245 e. The Hall–Kier alpha value is -2.34. The van der Waals surface area contributed by atoms with E-state index >= 15 is 0 Å². The summed E-state index contributed by atoms with van der Waals surface area (Å²) in [4.78, 5) is 25.8. The molecule has 1 aromatic carbocycles. The first-order valence-electron chi connectivity index (χ1n) is 9.04. The van der Waals surface area contributed by atoms with E-state index in [9.17, 15) is 14.7 Å². The number of likely N-dealkylation sites (tertiary alicyclic amines) is 1. The minimum absolute atomic E-state index is 0.0506. The van der Waals surface area contributed by atoms with Crippen LogP contribution in [0.15, 0.2) is 36.9 Å². The molecule has 1 aliphatic rings. The second kappa shape index (κ2) is 9.38. The van der Waals surface area contributed by atoms with Crippen molar-refractivity contribution in [2.24, 2.45) is 5.92 Å². The molecular formula is C20H28N2O4. The number of hydrogen-bond acceptors (Lipinski definition) is 4. The summed E-state index contributed by atoms with van der Waals surface area (Å²) in [5, 5.41) is 13.2. The largest absolute Gasteiger partial charge is 0.491 e. The summed E-state index contributed by atoms with van der Waals surface area (Å²) in [5.41, 5.74) is 0.690. The number of nitrogens with one attached hydrogen (secondary N) is 1. The van der Waals surface area contributed by atoms with Gasteiger partial charge in [0.1, 0.15) is 5.75 Å². The van der Waals surface area contributed by atoms with Gasteiger partial charge < -0.3 is 20.1 Å². The van der Waals surface area contributed by atoms with Gasteiger partial charge in [-0.1, -0.05) is 18.7 Å². The fourth-order valence-corrected chi connectivity index (χ4v) is 3.05. The molecule has 0 radical (unpaired) electrons. The average molecular weight is 360 g/mol. The molecule has 0 bridgehead atoms. The van der Waals surface area contributed by atoms with Crippen molar-refractivity contribution in [2.75, 3.05) is 19.6 Å². The molecule has 0 aliphatic carbocycles. The van der Waals surface area contributed by atoms with Crippen LogP contribution in [0.5, 0.6) is 5.75 Å². The van der Waals surface area contributed by atoms with E-state index in [1.807, 2.05) is 26.0 Å². The van der Waals surface area contributed by atoms with Crippen molar-refractivity contribution in [1.29, 1.82) is 0 Å². The summed E-state index contributed by atoms with van der Waals surface area (Å²) in [5.74, 6) is 0.147. The standard InChI is InChI=1S/C20H28N2O4/c1-4-19(24)22-10-6-8-16(13-22)20(25)21-12-18(23)15-7-5-9-17(11-15)26-14(2)3/h4-5,7,9,11,14,16,18,23H,1,6,8,10,12-13H2,2-3H3,(H,21,25). The van der Waals surface area contributed by atoms with Crippen LogP contribution >= 0.6 is 0 Å². The molecule has 1 saturated heterocycles. The topological polar surface area (TPSA) is 78.9 Å². The van der Waals surface area contributed by atoms with Crippen LogP contribution in [0.25, 0.3) is 0 Å². The lowest BCUT2D eigenvalue weighted by Gasteiger charge is -2.31. The minimum atomic E-state index is -0.816. The number of benzene rings is 1. The molecule has 1 aliphatic heterocycles. The van der Waals surface area contributed by atoms with Crippen LogP contribution in [0, 0.1) is 5.92 Å². The van der Waals surface area contributed by atoms with Crippen LogP contribution in [0.4, 0.5) is 0 Å². The van der Waals surface area contributed by atoms with Gasteiger partial charge in [-0.05, 0) is 50.5 Å². The highest BCUT2D eigenvalue weighted by Gasteiger charge is 2.27. The van der Waals surface area contributed by atoms with E-state index in [1.165, 1.54) is 6.08 Å². The van der Waals surface area contributed by atoms with Gasteiger partial charge in [0, 0.05) is 19.6 Å². The lowest BCUT2D eigenvalue weighted by atomic mass is 9.97. The van der Waals surface area contributed by atoms with Crippen LogP contribution in [0.3, 0.4) is 0 Å². The van der Waals surface area contributed by atoms with E-state index in [1.54, 1.807) is 17.0 Å². The molecule has 6 heteroatoms. The number of carbonyl (C=O) groups excluding carboxylic acids is 2. The number of ether oxygens (including phenoxy) is 1. The van der Waals surface area contributed by atoms with Crippen LogP contribution in [-0.2, 0) is 9.59 Å². The summed E-state index contributed by atoms with van der Waals surface area (Å²) < 4.78 is 5.63. The molecular weight excluding hydrogens is 332 g/mol. The monoisotopic (exact) mass is 360 g/mol. The van der Waals surface area contributed by atoms with Crippen molar-refractivity contribution in [2.45, 2.75) is 38.9 Å². The Morgan fingerprint density at radius 1 is 1.46 bits per heavy atom. The Labute approximate surface area is 154 Å². The quantitative estimate of drug-likeness (QED) is 0.730. The fraction of sp³-hybridized carbons (Fsp3) is 0.500. The normalized spacial score (nSPS) is 18.3. The maximum Gasteiger partial charge on any atom is 0.245 e. The maximum absolute atomic E-state index is 12.4. The summed E-state index contributed by atoms with van der Waals surface area (Å²) in [7, 11) is 0. The molecule has 1 fully saturated rings. The van der Waals surface area contributed by atoms with E-state index in [0.29, 0.717) is 24.4 Å². The van der Waals surface area contributed by atoms with Gasteiger partial charge in [0.25, 0.3) is 0 Å². The van der Waals surface area contributed by atoms with Crippen molar-refractivity contribution in [3.63, 3.8) is 0 Å². The molecule has 2 N–H and O–H groups in total. The minimum Gasteiger partial charge on any atom is -0.491 e. The third-order valence-corrected chi connectivity index (χ3v) is 4.36. The van der Waals surface area contributed by atoms with Crippen LogP contribution < -0.4 is 10.1 Å². The van der Waals surface area contributed by atoms with Gasteiger partial charge in [0.2, 0.25) is 11.8 Å². The fourth-order valence-electron chi connectivity index (χ4n) is 3.05. The Morgan fingerprint density at radius 3 is 2.92 bits per heavy atom. The number of aliphatic hydroxyl groups excluding tert-OH is 1. The number of rotatable bonds is 7. The zero-order valence-electron chi connectivity index (χ0n) is 15.5. The molecule has 2 atom stereocenters. The zero-order valence-corrected chi connectivity index (χ0v) is 15.5. The number of amides is 2. The van der Waals surface area contributed by atoms with Crippen molar-refractivity contribution in [3.8, 4) is 5.75 Å². The summed E-state index contributed by atoms with van der Waals surface area (Å²) in [6.45, 7) is 8.53. The lowest BCUT2D eigenvalue weighted by Crippen LogP contribution is -2.45. The maximum atomic E-state index is 12.4. The predicted molar refractivity (Wildman–Crippen MR) is 99.7 cm³/mol. The molecule has 2 rings (SSSR count). The Kier molecular flexibility index (Phi) is 7.21. The van der Waals surface area contributed by atoms with Crippen molar-refractivity contribution in [1.82, 2.24) is 10.2 Å². The molecule has 1 aromatic rings. The molecule has 1 heterocycles. The molecule has 142 valence electrons. The van der Waals surface area contributed by atoms with Crippen molar-refractivity contribution in [3.05, 3.63) is 42.5 Å². The Morgan fingerprint density at radius 2 is 2.23 bits per heavy atom. The van der Waals surface area contributed by atoms with Gasteiger partial charge in [-0.2, -0.15) is 0 Å². The highest BCUT2D eigenvalue weighted by Crippen LogP contribution is 2.21. The van der Waals surface area contributed by atoms with Crippen LogP contribution in [-0.4, -0.2) is 47.6 Å². The highest BCUT2D eigenvalue weighted by molar-refractivity contribution is 5.88. The van der Waals surface area contributed by atoms with E-state index < -0.39 is 6.10 Å². The first kappa shape index (κ1) is 20.0. The number of nitrogens with zero attached hydrogens (tertiary/aromatic N) is 1. The van der Waals surface area contributed by atoms with E-state index in [0.717, 1.165) is 12.8 Å². The lowest BCUT2D eigenvalue weighted by molar-refractivity contribution is -0.132. The number of hydrogen-bond donors (Lipinski definition) is 2. The summed E-state index contributed by atoms with van der Waals surface area (Å²) >= 11 is 0. The molecule has 2 unspecified atom stereocenters. The van der Waals surface area contributed by atoms with Gasteiger partial charge >= 0.3 is 0 Å². The van der Waals surface area contributed by atoms with E-state index in [4.69, 9.17) is 4.74 Å². The summed E-state index contributed by atoms with van der Waals surface area (Å²) in [6, 6.07) is 7.23. The number of piperidine rings is 1. The van der Waals surface area contributed by atoms with Crippen molar-refractivity contribution < 1.29 is 19.4 Å². The molecule has 0 spiro atoms. The van der Waals surface area contributed by atoms with Gasteiger partial charge in [0.15, 0.2) is 0 Å².